The predicted octanol–water partition coefficient (Wildman–Crippen LogP) is 2.22. The van der Waals surface area contributed by atoms with E-state index in [-0.39, 0.29) is 17.9 Å². The fourth-order valence-electron chi connectivity index (χ4n) is 2.61. The van der Waals surface area contributed by atoms with Crippen LogP contribution in [0.2, 0.25) is 0 Å². The zero-order chi connectivity index (χ0) is 15.2. The predicted molar refractivity (Wildman–Crippen MR) is 86.1 cm³/mol. The lowest BCUT2D eigenvalue weighted by Crippen LogP contribution is -2.59. The molecule has 114 valence electrons. The summed E-state index contributed by atoms with van der Waals surface area (Å²) in [7, 11) is 0. The second-order valence-electron chi connectivity index (χ2n) is 5.00. The zero-order valence-electron chi connectivity index (χ0n) is 12.5. The molecule has 0 spiro atoms. The highest BCUT2D eigenvalue weighted by molar-refractivity contribution is 7.99. The number of rotatable bonds is 6. The number of hydrogen-bond acceptors (Lipinski definition) is 3. The quantitative estimate of drug-likeness (QED) is 0.820. The third-order valence-corrected chi connectivity index (χ3v) is 4.58. The Hall–Kier alpha value is -1.49. The van der Waals surface area contributed by atoms with Gasteiger partial charge in [0.05, 0.1) is 0 Å². The van der Waals surface area contributed by atoms with Gasteiger partial charge in [-0.15, -0.1) is 0 Å². The first kappa shape index (κ1) is 15.9. The summed E-state index contributed by atoms with van der Waals surface area (Å²) in [5.41, 5.74) is 0.846. The minimum Gasteiger partial charge on any atom is -0.339 e. The first-order valence-electron chi connectivity index (χ1n) is 7.42. The molecule has 1 fully saturated rings. The van der Waals surface area contributed by atoms with Crippen molar-refractivity contribution in [3.63, 3.8) is 0 Å². The minimum atomic E-state index is -0.548. The molecular formula is C16H22N2O2S. The van der Waals surface area contributed by atoms with Crippen molar-refractivity contribution < 1.29 is 9.59 Å². The van der Waals surface area contributed by atoms with Gasteiger partial charge < -0.3 is 10.2 Å². The largest absolute Gasteiger partial charge is 0.339 e. The Kier molecular flexibility index (Phi) is 5.67. The molecule has 0 aromatic heterocycles. The van der Waals surface area contributed by atoms with Crippen LogP contribution >= 0.6 is 11.8 Å². The first-order valence-corrected chi connectivity index (χ1v) is 8.58. The molecule has 1 aliphatic heterocycles. The van der Waals surface area contributed by atoms with Gasteiger partial charge in [-0.2, -0.15) is 11.8 Å². The lowest BCUT2D eigenvalue weighted by molar-refractivity contribution is -0.149. The molecule has 1 saturated heterocycles. The summed E-state index contributed by atoms with van der Waals surface area (Å²) in [6.45, 7) is 4.67. The van der Waals surface area contributed by atoms with Gasteiger partial charge in [-0.3, -0.25) is 9.59 Å². The van der Waals surface area contributed by atoms with E-state index >= 15 is 0 Å². The van der Waals surface area contributed by atoms with Gasteiger partial charge in [-0.05, 0) is 17.7 Å². The van der Waals surface area contributed by atoms with E-state index in [0.29, 0.717) is 13.0 Å². The van der Waals surface area contributed by atoms with E-state index in [0.717, 1.165) is 17.1 Å². The van der Waals surface area contributed by atoms with Gasteiger partial charge in [0, 0.05) is 12.3 Å². The third-order valence-electron chi connectivity index (χ3n) is 3.70. The average Bonchev–Trinajstić information content (AvgIpc) is 2.51. The molecule has 2 rings (SSSR count). The van der Waals surface area contributed by atoms with E-state index in [1.54, 1.807) is 16.7 Å². The minimum absolute atomic E-state index is 0.00403. The van der Waals surface area contributed by atoms with Crippen LogP contribution in [0.1, 0.15) is 31.9 Å². The second-order valence-corrected chi connectivity index (χ2v) is 6.40. The summed E-state index contributed by atoms with van der Waals surface area (Å²) < 4.78 is 0. The van der Waals surface area contributed by atoms with Gasteiger partial charge in [0.25, 0.3) is 5.91 Å². The summed E-state index contributed by atoms with van der Waals surface area (Å²) in [6, 6.07) is 8.56. The number of nitrogens with one attached hydrogen (secondary N) is 1. The van der Waals surface area contributed by atoms with Crippen molar-refractivity contribution in [1.82, 2.24) is 10.2 Å². The highest BCUT2D eigenvalue weighted by atomic mass is 32.2. The highest BCUT2D eigenvalue weighted by Gasteiger charge is 2.39. The number of amides is 2. The van der Waals surface area contributed by atoms with Crippen molar-refractivity contribution in [3.8, 4) is 0 Å². The van der Waals surface area contributed by atoms with Crippen LogP contribution in [0.3, 0.4) is 0 Å². The summed E-state index contributed by atoms with van der Waals surface area (Å²) in [5.74, 6) is 1.84. The molecule has 21 heavy (non-hydrogen) atoms. The molecule has 1 heterocycles. The maximum absolute atomic E-state index is 12.7. The summed E-state index contributed by atoms with van der Waals surface area (Å²) >= 11 is 1.79. The summed E-state index contributed by atoms with van der Waals surface area (Å²) in [5, 5.41) is 2.87. The van der Waals surface area contributed by atoms with Crippen molar-refractivity contribution in [3.05, 3.63) is 35.9 Å². The average molecular weight is 306 g/mol. The molecule has 2 unspecified atom stereocenters. The maximum atomic E-state index is 12.7. The molecule has 0 saturated carbocycles. The number of carbonyl (C=O) groups is 2. The Morgan fingerprint density at radius 2 is 1.90 bits per heavy atom. The number of piperazine rings is 1. The van der Waals surface area contributed by atoms with Crippen LogP contribution in [-0.4, -0.2) is 40.8 Å². The fraction of sp³-hybridized carbons (Fsp3) is 0.500. The van der Waals surface area contributed by atoms with Crippen LogP contribution in [-0.2, 0) is 9.59 Å². The van der Waals surface area contributed by atoms with E-state index in [4.69, 9.17) is 0 Å². The number of benzene rings is 1. The number of hydrogen-bond donors (Lipinski definition) is 1. The first-order chi connectivity index (χ1) is 10.2. The second kappa shape index (κ2) is 7.50. The van der Waals surface area contributed by atoms with Crippen molar-refractivity contribution in [2.75, 3.05) is 18.1 Å². The van der Waals surface area contributed by atoms with Crippen molar-refractivity contribution in [2.45, 2.75) is 32.4 Å². The molecule has 2 atom stereocenters. The molecule has 5 heteroatoms. The highest BCUT2D eigenvalue weighted by Crippen LogP contribution is 2.23. The van der Waals surface area contributed by atoms with Crippen LogP contribution in [0.15, 0.2) is 30.3 Å². The Labute approximate surface area is 130 Å². The van der Waals surface area contributed by atoms with E-state index in [1.807, 2.05) is 37.3 Å². The Morgan fingerprint density at radius 3 is 2.52 bits per heavy atom. The number of carbonyl (C=O) groups excluding carboxylic acids is 2. The molecule has 4 nitrogen and oxygen atoms in total. The van der Waals surface area contributed by atoms with Crippen LogP contribution in [0, 0.1) is 0 Å². The normalized spacial score (nSPS) is 22.3. The smallest absolute Gasteiger partial charge is 0.250 e. The van der Waals surface area contributed by atoms with Gasteiger partial charge in [-0.25, -0.2) is 0 Å². The van der Waals surface area contributed by atoms with E-state index in [2.05, 4.69) is 12.2 Å². The van der Waals surface area contributed by atoms with Gasteiger partial charge in [-0.1, -0.05) is 44.2 Å². The Balaban J connectivity index is 2.19. The molecule has 0 bridgehead atoms. The molecule has 0 radical (unpaired) electrons. The summed E-state index contributed by atoms with van der Waals surface area (Å²) in [6.07, 6.45) is 0.649. The molecule has 1 aliphatic rings. The van der Waals surface area contributed by atoms with Crippen molar-refractivity contribution >= 4 is 23.6 Å². The molecule has 1 aromatic carbocycles. The lowest BCUT2D eigenvalue weighted by Gasteiger charge is -2.38. The molecule has 1 aromatic rings. The lowest BCUT2D eigenvalue weighted by atomic mass is 9.99. The molecule has 2 amide bonds. The van der Waals surface area contributed by atoms with Crippen LogP contribution < -0.4 is 5.32 Å². The standard InChI is InChI=1S/C16H22N2O2S/c1-3-13-15(19)17-14(12-8-6-5-7-9-12)16(20)18(13)10-11-21-4-2/h5-9,13-14H,3-4,10-11H2,1-2H3,(H,17,19). The number of thioether (sulfide) groups is 1. The van der Waals surface area contributed by atoms with Gasteiger partial charge in [0.15, 0.2) is 0 Å². The monoisotopic (exact) mass is 306 g/mol. The van der Waals surface area contributed by atoms with Gasteiger partial charge in [0.2, 0.25) is 5.91 Å². The van der Waals surface area contributed by atoms with E-state index in [1.165, 1.54) is 0 Å². The summed E-state index contributed by atoms with van der Waals surface area (Å²) in [4.78, 5) is 26.8. The van der Waals surface area contributed by atoms with E-state index in [9.17, 15) is 9.59 Å². The van der Waals surface area contributed by atoms with Crippen molar-refractivity contribution in [2.24, 2.45) is 0 Å². The Bertz CT molecular complexity index is 492. The maximum Gasteiger partial charge on any atom is 0.250 e. The van der Waals surface area contributed by atoms with Crippen LogP contribution in [0.5, 0.6) is 0 Å². The number of nitrogens with zero attached hydrogens (tertiary/aromatic N) is 1. The van der Waals surface area contributed by atoms with Crippen LogP contribution in [0.25, 0.3) is 0 Å². The van der Waals surface area contributed by atoms with E-state index < -0.39 is 6.04 Å². The third kappa shape index (κ3) is 3.59. The van der Waals surface area contributed by atoms with Crippen molar-refractivity contribution in [1.29, 1.82) is 0 Å². The SMILES string of the molecule is CCSCCN1C(=O)C(c2ccccc2)NC(=O)C1CC. The van der Waals surface area contributed by atoms with Gasteiger partial charge >= 0.3 is 0 Å². The molecule has 1 N–H and O–H groups in total. The van der Waals surface area contributed by atoms with Gasteiger partial charge in [0.1, 0.15) is 12.1 Å². The topological polar surface area (TPSA) is 49.4 Å². The van der Waals surface area contributed by atoms with Crippen LogP contribution in [0.4, 0.5) is 0 Å². The zero-order valence-corrected chi connectivity index (χ0v) is 13.4. The fourth-order valence-corrected chi connectivity index (χ4v) is 3.23. The Morgan fingerprint density at radius 1 is 1.19 bits per heavy atom. The molecule has 0 aliphatic carbocycles. The molecular weight excluding hydrogens is 284 g/mol.